The summed E-state index contributed by atoms with van der Waals surface area (Å²) in [6.07, 6.45) is -3.30. The van der Waals surface area contributed by atoms with Crippen molar-refractivity contribution in [3.63, 3.8) is 0 Å². The number of alkyl halides is 3. The van der Waals surface area contributed by atoms with Gasteiger partial charge < -0.3 is 10.2 Å². The third-order valence-electron chi connectivity index (χ3n) is 3.69. The van der Waals surface area contributed by atoms with Crippen LogP contribution in [0.15, 0.2) is 22.7 Å². The Balaban J connectivity index is 2.03. The molecule has 0 aliphatic carbocycles. The Hall–Kier alpha value is -0.750. The summed E-state index contributed by atoms with van der Waals surface area (Å²) in [5, 5.41) is 2.97. The molecular formula is C14H18BrF3N2. The predicted molar refractivity (Wildman–Crippen MR) is 77.9 cm³/mol. The molecule has 0 bridgehead atoms. The standard InChI is InChI=1S/C14H18BrF3N2/c1-2-20-6-5-10(9-20)8-19-13-4-3-11(15)7-12(13)14(16,17)18/h3-4,7,10,19H,2,5-6,8-9H2,1H3. The topological polar surface area (TPSA) is 15.3 Å². The van der Waals surface area contributed by atoms with E-state index in [1.807, 2.05) is 0 Å². The molecule has 1 aromatic rings. The Morgan fingerprint density at radius 2 is 2.15 bits per heavy atom. The van der Waals surface area contributed by atoms with E-state index in [0.29, 0.717) is 16.9 Å². The largest absolute Gasteiger partial charge is 0.418 e. The van der Waals surface area contributed by atoms with E-state index in [2.05, 4.69) is 33.1 Å². The van der Waals surface area contributed by atoms with Gasteiger partial charge in [0.25, 0.3) is 0 Å². The van der Waals surface area contributed by atoms with Crippen molar-refractivity contribution < 1.29 is 13.2 Å². The van der Waals surface area contributed by atoms with Crippen LogP contribution in [0, 0.1) is 5.92 Å². The Morgan fingerprint density at radius 1 is 1.40 bits per heavy atom. The first-order valence-electron chi connectivity index (χ1n) is 6.73. The van der Waals surface area contributed by atoms with Gasteiger partial charge in [0, 0.05) is 23.2 Å². The summed E-state index contributed by atoms with van der Waals surface area (Å²) in [6, 6.07) is 4.24. The van der Waals surface area contributed by atoms with E-state index in [1.165, 1.54) is 6.07 Å². The third kappa shape index (κ3) is 3.88. The van der Waals surface area contributed by atoms with Crippen LogP contribution in [-0.4, -0.2) is 31.1 Å². The van der Waals surface area contributed by atoms with Gasteiger partial charge >= 0.3 is 6.18 Å². The number of hydrogen-bond donors (Lipinski definition) is 1. The molecule has 1 unspecified atom stereocenters. The van der Waals surface area contributed by atoms with Crippen LogP contribution in [0.25, 0.3) is 0 Å². The molecule has 2 rings (SSSR count). The first kappa shape index (κ1) is 15.6. The first-order chi connectivity index (χ1) is 9.40. The fourth-order valence-electron chi connectivity index (χ4n) is 2.53. The smallest absolute Gasteiger partial charge is 0.384 e. The molecule has 1 aromatic carbocycles. The fourth-order valence-corrected chi connectivity index (χ4v) is 2.89. The molecule has 0 aromatic heterocycles. The van der Waals surface area contributed by atoms with Crippen LogP contribution in [0.5, 0.6) is 0 Å². The Morgan fingerprint density at radius 3 is 2.75 bits per heavy atom. The van der Waals surface area contributed by atoms with Gasteiger partial charge in [-0.3, -0.25) is 0 Å². The van der Waals surface area contributed by atoms with Crippen molar-refractivity contribution in [1.82, 2.24) is 4.90 Å². The minimum atomic E-state index is -4.34. The number of likely N-dealkylation sites (tertiary alicyclic amines) is 1. The van der Waals surface area contributed by atoms with Crippen molar-refractivity contribution in [1.29, 1.82) is 0 Å². The van der Waals surface area contributed by atoms with E-state index in [1.54, 1.807) is 6.07 Å². The minimum Gasteiger partial charge on any atom is -0.384 e. The molecule has 1 atom stereocenters. The first-order valence-corrected chi connectivity index (χ1v) is 7.52. The van der Waals surface area contributed by atoms with Crippen LogP contribution < -0.4 is 5.32 Å². The van der Waals surface area contributed by atoms with Crippen molar-refractivity contribution in [3.8, 4) is 0 Å². The molecule has 0 radical (unpaired) electrons. The lowest BCUT2D eigenvalue weighted by Gasteiger charge is -2.18. The summed E-state index contributed by atoms with van der Waals surface area (Å²) in [4.78, 5) is 2.32. The molecule has 0 saturated carbocycles. The van der Waals surface area contributed by atoms with Crippen molar-refractivity contribution in [3.05, 3.63) is 28.2 Å². The molecule has 0 spiro atoms. The molecule has 2 nitrogen and oxygen atoms in total. The molecule has 1 aliphatic rings. The van der Waals surface area contributed by atoms with Gasteiger partial charge in [-0.25, -0.2) is 0 Å². The Kier molecular flexibility index (Phi) is 4.96. The van der Waals surface area contributed by atoms with Gasteiger partial charge in [0.1, 0.15) is 0 Å². The van der Waals surface area contributed by atoms with Crippen molar-refractivity contribution in [2.24, 2.45) is 5.92 Å². The molecule has 0 amide bonds. The zero-order valence-electron chi connectivity index (χ0n) is 11.3. The van der Waals surface area contributed by atoms with E-state index >= 15 is 0 Å². The number of halogens is 4. The number of benzene rings is 1. The molecule has 112 valence electrons. The average Bonchev–Trinajstić information content (AvgIpc) is 2.84. The molecular weight excluding hydrogens is 333 g/mol. The second kappa shape index (κ2) is 6.35. The second-order valence-corrected chi connectivity index (χ2v) is 6.03. The second-order valence-electron chi connectivity index (χ2n) is 5.12. The van der Waals surface area contributed by atoms with Crippen molar-refractivity contribution in [2.75, 3.05) is 31.5 Å². The summed E-state index contributed by atoms with van der Waals surface area (Å²) in [7, 11) is 0. The highest BCUT2D eigenvalue weighted by Gasteiger charge is 2.34. The maximum atomic E-state index is 13.0. The van der Waals surface area contributed by atoms with Crippen molar-refractivity contribution >= 4 is 21.6 Å². The highest BCUT2D eigenvalue weighted by Crippen LogP contribution is 2.36. The van der Waals surface area contributed by atoms with Gasteiger partial charge in [-0.2, -0.15) is 13.2 Å². The van der Waals surface area contributed by atoms with E-state index in [0.717, 1.165) is 32.1 Å². The van der Waals surface area contributed by atoms with Gasteiger partial charge in [0.2, 0.25) is 0 Å². The number of anilines is 1. The molecule has 20 heavy (non-hydrogen) atoms. The lowest BCUT2D eigenvalue weighted by Crippen LogP contribution is -2.23. The Labute approximate surface area is 125 Å². The van der Waals surface area contributed by atoms with E-state index in [9.17, 15) is 13.2 Å². The summed E-state index contributed by atoms with van der Waals surface area (Å²) >= 11 is 3.09. The SMILES string of the molecule is CCN1CCC(CNc2ccc(Br)cc2C(F)(F)F)C1. The fraction of sp³-hybridized carbons (Fsp3) is 0.571. The van der Waals surface area contributed by atoms with E-state index in [-0.39, 0.29) is 5.69 Å². The average molecular weight is 351 g/mol. The number of rotatable bonds is 4. The van der Waals surface area contributed by atoms with Crippen LogP contribution >= 0.6 is 15.9 Å². The molecule has 1 N–H and O–H groups in total. The summed E-state index contributed by atoms with van der Waals surface area (Å²) in [5.74, 6) is 0.416. The maximum Gasteiger partial charge on any atom is 0.418 e. The van der Waals surface area contributed by atoms with Crippen LogP contribution in [0.4, 0.5) is 18.9 Å². The lowest BCUT2D eigenvalue weighted by molar-refractivity contribution is -0.137. The van der Waals surface area contributed by atoms with Crippen LogP contribution in [0.2, 0.25) is 0 Å². The van der Waals surface area contributed by atoms with Gasteiger partial charge in [-0.05, 0) is 43.6 Å². The summed E-state index contributed by atoms with van der Waals surface area (Å²) < 4.78 is 39.4. The van der Waals surface area contributed by atoms with Gasteiger partial charge in [0.15, 0.2) is 0 Å². The monoisotopic (exact) mass is 350 g/mol. The Bertz CT molecular complexity index is 462. The highest BCUT2D eigenvalue weighted by atomic mass is 79.9. The van der Waals surface area contributed by atoms with Crippen LogP contribution in [0.3, 0.4) is 0 Å². The lowest BCUT2D eigenvalue weighted by atomic mass is 10.1. The van der Waals surface area contributed by atoms with Gasteiger partial charge in [-0.15, -0.1) is 0 Å². The number of nitrogens with one attached hydrogen (secondary N) is 1. The quantitative estimate of drug-likeness (QED) is 0.874. The van der Waals surface area contributed by atoms with Crippen LogP contribution in [-0.2, 0) is 6.18 Å². The predicted octanol–water partition coefficient (Wildman–Crippen LogP) is 4.22. The normalized spacial score (nSPS) is 20.4. The number of hydrogen-bond acceptors (Lipinski definition) is 2. The summed E-state index contributed by atoms with van der Waals surface area (Å²) in [5.41, 5.74) is -0.451. The molecule has 6 heteroatoms. The third-order valence-corrected chi connectivity index (χ3v) is 4.18. The van der Waals surface area contributed by atoms with Crippen LogP contribution in [0.1, 0.15) is 18.9 Å². The molecule has 1 saturated heterocycles. The highest BCUT2D eigenvalue weighted by molar-refractivity contribution is 9.10. The molecule has 1 aliphatic heterocycles. The van der Waals surface area contributed by atoms with Crippen molar-refractivity contribution in [2.45, 2.75) is 19.5 Å². The zero-order valence-corrected chi connectivity index (χ0v) is 12.9. The maximum absolute atomic E-state index is 13.0. The minimum absolute atomic E-state index is 0.163. The van der Waals surface area contributed by atoms with E-state index < -0.39 is 11.7 Å². The number of nitrogens with zero attached hydrogens (tertiary/aromatic N) is 1. The zero-order chi connectivity index (χ0) is 14.8. The van der Waals surface area contributed by atoms with Gasteiger partial charge in [0.05, 0.1) is 5.56 Å². The molecule has 1 fully saturated rings. The molecule has 1 heterocycles. The summed E-state index contributed by atoms with van der Waals surface area (Å²) in [6.45, 7) is 5.69. The van der Waals surface area contributed by atoms with E-state index in [4.69, 9.17) is 0 Å². The van der Waals surface area contributed by atoms with Gasteiger partial charge in [-0.1, -0.05) is 22.9 Å².